The normalized spacial score (nSPS) is 12.2. The largest absolute Gasteiger partial charge is 0.508 e. The second kappa shape index (κ2) is 4.85. The van der Waals surface area contributed by atoms with Gasteiger partial charge in [-0.25, -0.2) is 0 Å². The van der Waals surface area contributed by atoms with Crippen LogP contribution in [0.5, 0.6) is 11.5 Å². The highest BCUT2D eigenvalue weighted by molar-refractivity contribution is 5.96. The van der Waals surface area contributed by atoms with Crippen molar-refractivity contribution in [2.75, 3.05) is 13.6 Å². The smallest absolute Gasteiger partial charge is 0.257 e. The zero-order chi connectivity index (χ0) is 12.3. The topological polar surface area (TPSA) is 86.8 Å². The second-order valence-corrected chi connectivity index (χ2v) is 3.86. The van der Waals surface area contributed by atoms with Gasteiger partial charge in [0.1, 0.15) is 11.5 Å². The number of phenols is 2. The first-order valence-corrected chi connectivity index (χ1v) is 4.95. The maximum Gasteiger partial charge on any atom is 0.257 e. The van der Waals surface area contributed by atoms with Gasteiger partial charge in [0.2, 0.25) is 0 Å². The van der Waals surface area contributed by atoms with E-state index in [1.807, 2.05) is 0 Å². The number of nitrogens with zero attached hydrogens (tertiary/aromatic N) is 1. The van der Waals surface area contributed by atoms with Gasteiger partial charge in [-0.2, -0.15) is 0 Å². The molecule has 88 valence electrons. The number of hydrogen-bond donors (Lipinski definition) is 3. The van der Waals surface area contributed by atoms with Gasteiger partial charge < -0.3 is 20.8 Å². The van der Waals surface area contributed by atoms with E-state index >= 15 is 0 Å². The molecule has 1 rings (SSSR count). The van der Waals surface area contributed by atoms with Crippen molar-refractivity contribution < 1.29 is 15.0 Å². The summed E-state index contributed by atoms with van der Waals surface area (Å²) in [5, 5.41) is 18.6. The number of carbonyl (C=O) groups excluding carboxylic acids is 1. The molecule has 0 fully saturated rings. The molecule has 0 saturated heterocycles. The number of benzene rings is 1. The van der Waals surface area contributed by atoms with Gasteiger partial charge >= 0.3 is 0 Å². The molecule has 0 bridgehead atoms. The fourth-order valence-corrected chi connectivity index (χ4v) is 1.42. The van der Waals surface area contributed by atoms with Gasteiger partial charge in [0.25, 0.3) is 5.91 Å². The van der Waals surface area contributed by atoms with Crippen LogP contribution in [0.3, 0.4) is 0 Å². The zero-order valence-electron chi connectivity index (χ0n) is 9.34. The Bertz CT molecular complexity index is 391. The highest BCUT2D eigenvalue weighted by atomic mass is 16.3. The van der Waals surface area contributed by atoms with Gasteiger partial charge in [-0.15, -0.1) is 0 Å². The van der Waals surface area contributed by atoms with Gasteiger partial charge in [-0.3, -0.25) is 4.79 Å². The number of carbonyl (C=O) groups is 1. The Morgan fingerprint density at radius 3 is 2.62 bits per heavy atom. The van der Waals surface area contributed by atoms with Crippen LogP contribution in [0.25, 0.3) is 0 Å². The number of nitrogens with two attached hydrogens (primary N) is 1. The molecule has 1 unspecified atom stereocenters. The van der Waals surface area contributed by atoms with Gasteiger partial charge in [0.15, 0.2) is 0 Å². The first kappa shape index (κ1) is 12.3. The molecule has 0 radical (unpaired) electrons. The van der Waals surface area contributed by atoms with Crippen molar-refractivity contribution in [2.45, 2.75) is 13.0 Å². The van der Waals surface area contributed by atoms with Gasteiger partial charge in [-0.05, 0) is 19.1 Å². The average Bonchev–Trinajstić information content (AvgIpc) is 2.15. The molecule has 16 heavy (non-hydrogen) atoms. The molecule has 0 aliphatic heterocycles. The highest BCUT2D eigenvalue weighted by Crippen LogP contribution is 2.23. The van der Waals surface area contributed by atoms with Gasteiger partial charge in [-0.1, -0.05) is 0 Å². The van der Waals surface area contributed by atoms with E-state index < -0.39 is 0 Å². The van der Waals surface area contributed by atoms with Crippen LogP contribution in [0.4, 0.5) is 0 Å². The van der Waals surface area contributed by atoms with Crippen LogP contribution < -0.4 is 5.73 Å². The predicted octanol–water partition coefficient (Wildman–Crippen LogP) is 0.517. The molecule has 0 aliphatic rings. The van der Waals surface area contributed by atoms with Crippen molar-refractivity contribution in [1.29, 1.82) is 0 Å². The Balaban J connectivity index is 2.88. The summed E-state index contributed by atoms with van der Waals surface area (Å²) in [6, 6.07) is 3.73. The van der Waals surface area contributed by atoms with Gasteiger partial charge in [0, 0.05) is 25.7 Å². The molecule has 1 aromatic rings. The fourth-order valence-electron chi connectivity index (χ4n) is 1.42. The maximum absolute atomic E-state index is 11.8. The number of hydrogen-bond acceptors (Lipinski definition) is 4. The minimum absolute atomic E-state index is 0.0797. The van der Waals surface area contributed by atoms with Crippen molar-refractivity contribution in [1.82, 2.24) is 4.90 Å². The van der Waals surface area contributed by atoms with Crippen molar-refractivity contribution >= 4 is 5.91 Å². The average molecular weight is 224 g/mol. The molecule has 1 aromatic carbocycles. The summed E-state index contributed by atoms with van der Waals surface area (Å²) in [6.07, 6.45) is 0. The summed E-state index contributed by atoms with van der Waals surface area (Å²) in [5.74, 6) is -0.639. The summed E-state index contributed by atoms with van der Waals surface area (Å²) < 4.78 is 0. The third-order valence-corrected chi connectivity index (χ3v) is 2.12. The van der Waals surface area contributed by atoms with Crippen molar-refractivity contribution in [3.05, 3.63) is 23.8 Å². The van der Waals surface area contributed by atoms with E-state index in [2.05, 4.69) is 0 Å². The van der Waals surface area contributed by atoms with E-state index in [9.17, 15) is 9.90 Å². The first-order valence-electron chi connectivity index (χ1n) is 4.95. The van der Waals surface area contributed by atoms with Crippen LogP contribution >= 0.6 is 0 Å². The Hall–Kier alpha value is -1.75. The monoisotopic (exact) mass is 224 g/mol. The molecule has 0 aromatic heterocycles. The Kier molecular flexibility index (Phi) is 3.73. The molecular formula is C11H16N2O3. The lowest BCUT2D eigenvalue weighted by atomic mass is 10.1. The third kappa shape index (κ3) is 2.87. The molecule has 0 aliphatic carbocycles. The first-order chi connectivity index (χ1) is 7.41. The molecule has 1 amide bonds. The van der Waals surface area contributed by atoms with Crippen LogP contribution in [0, 0.1) is 0 Å². The summed E-state index contributed by atoms with van der Waals surface area (Å²) in [5.41, 5.74) is 5.73. The number of rotatable bonds is 3. The van der Waals surface area contributed by atoms with Crippen molar-refractivity contribution in [3.63, 3.8) is 0 Å². The summed E-state index contributed by atoms with van der Waals surface area (Å²) in [7, 11) is 1.61. The number of aromatic hydroxyl groups is 2. The Morgan fingerprint density at radius 1 is 1.50 bits per heavy atom. The lowest BCUT2D eigenvalue weighted by Crippen LogP contribution is -2.36. The zero-order valence-corrected chi connectivity index (χ0v) is 9.34. The molecule has 5 nitrogen and oxygen atoms in total. The minimum atomic E-state index is -0.324. The molecule has 4 N–H and O–H groups in total. The van der Waals surface area contributed by atoms with Crippen LogP contribution in [0.15, 0.2) is 18.2 Å². The molecule has 1 atom stereocenters. The minimum Gasteiger partial charge on any atom is -0.508 e. The molecular weight excluding hydrogens is 208 g/mol. The Labute approximate surface area is 94.1 Å². The van der Waals surface area contributed by atoms with E-state index in [-0.39, 0.29) is 29.0 Å². The highest BCUT2D eigenvalue weighted by Gasteiger charge is 2.16. The SMILES string of the molecule is CC(N)CN(C)C(=O)c1ccc(O)cc1O. The summed E-state index contributed by atoms with van der Waals surface area (Å²) in [4.78, 5) is 13.3. The molecule has 0 spiro atoms. The Morgan fingerprint density at radius 2 is 2.12 bits per heavy atom. The second-order valence-electron chi connectivity index (χ2n) is 3.86. The summed E-state index contributed by atoms with van der Waals surface area (Å²) in [6.45, 7) is 2.19. The van der Waals surface area contributed by atoms with E-state index in [0.29, 0.717) is 6.54 Å². The molecule has 0 saturated carbocycles. The van der Waals surface area contributed by atoms with Crippen molar-refractivity contribution in [2.24, 2.45) is 5.73 Å². The van der Waals surface area contributed by atoms with Crippen LogP contribution in [0.2, 0.25) is 0 Å². The van der Waals surface area contributed by atoms with Crippen LogP contribution in [0.1, 0.15) is 17.3 Å². The fraction of sp³-hybridized carbons (Fsp3) is 0.364. The number of likely N-dealkylation sites (N-methyl/N-ethyl adjacent to an activating group) is 1. The predicted molar refractivity (Wildman–Crippen MR) is 60.4 cm³/mol. The van der Waals surface area contributed by atoms with Crippen molar-refractivity contribution in [3.8, 4) is 11.5 Å². The van der Waals surface area contributed by atoms with Crippen LogP contribution in [-0.4, -0.2) is 40.7 Å². The van der Waals surface area contributed by atoms with Crippen LogP contribution in [-0.2, 0) is 0 Å². The molecule has 0 heterocycles. The van der Waals surface area contributed by atoms with E-state index in [4.69, 9.17) is 10.8 Å². The van der Waals surface area contributed by atoms with E-state index in [1.54, 1.807) is 14.0 Å². The quantitative estimate of drug-likeness (QED) is 0.698. The third-order valence-electron chi connectivity index (χ3n) is 2.12. The van der Waals surface area contributed by atoms with E-state index in [1.165, 1.54) is 17.0 Å². The lowest BCUT2D eigenvalue weighted by molar-refractivity contribution is 0.0786. The standard InChI is InChI=1S/C11H16N2O3/c1-7(12)6-13(2)11(16)9-4-3-8(14)5-10(9)15/h3-5,7,14-15H,6,12H2,1-2H3. The van der Waals surface area contributed by atoms with Gasteiger partial charge in [0.05, 0.1) is 5.56 Å². The number of phenolic OH excluding ortho intramolecular Hbond substituents is 2. The maximum atomic E-state index is 11.8. The number of amides is 1. The summed E-state index contributed by atoms with van der Waals surface area (Å²) >= 11 is 0. The molecule has 5 heteroatoms. The van der Waals surface area contributed by atoms with E-state index in [0.717, 1.165) is 6.07 Å². The lowest BCUT2D eigenvalue weighted by Gasteiger charge is -2.19.